The normalized spacial score (nSPS) is 12.4. The molecule has 0 N–H and O–H groups in total. The molecule has 1 heteroatoms. The lowest BCUT2D eigenvalue weighted by Gasteiger charge is -2.31. The molecule has 0 saturated carbocycles. The monoisotopic (exact) mass is 416 g/mol. The molecule has 0 aliphatic carbocycles. The maximum absolute atomic E-state index is 2.49. The first-order valence-electron chi connectivity index (χ1n) is 11.0. The van der Waals surface area contributed by atoms with Gasteiger partial charge in [-0.05, 0) is 71.0 Å². The Balaban J connectivity index is 2.12. The molecule has 0 radical (unpaired) electrons. The number of rotatable bonds is 4. The second-order valence-electron chi connectivity index (χ2n) is 10.5. The molecule has 3 aromatic carbocycles. The molecule has 0 aliphatic heterocycles. The largest absolute Gasteiger partial charge is 0.0620 e. The van der Waals surface area contributed by atoms with Crippen molar-refractivity contribution in [3.63, 3.8) is 0 Å². The van der Waals surface area contributed by atoms with Gasteiger partial charge in [-0.25, -0.2) is 0 Å². The highest BCUT2D eigenvalue weighted by Crippen LogP contribution is 2.42. The second kappa shape index (κ2) is 8.68. The van der Waals surface area contributed by atoms with Gasteiger partial charge in [-0.1, -0.05) is 108 Å². The van der Waals surface area contributed by atoms with Crippen LogP contribution in [0.4, 0.5) is 0 Å². The molecule has 0 bridgehead atoms. The predicted octanol–water partition coefficient (Wildman–Crippen LogP) is 7.53. The van der Waals surface area contributed by atoms with Gasteiger partial charge >= 0.3 is 0 Å². The summed E-state index contributed by atoms with van der Waals surface area (Å²) in [6.45, 7) is 18.5. The van der Waals surface area contributed by atoms with E-state index in [-0.39, 0.29) is 10.8 Å². The molecule has 3 aromatic rings. The van der Waals surface area contributed by atoms with Crippen LogP contribution in [0.3, 0.4) is 0 Å². The number of benzene rings is 3. The van der Waals surface area contributed by atoms with Crippen LogP contribution in [0.2, 0.25) is 0 Å². The fraction of sp³-hybridized carbons (Fsp3) is 0.379. The third-order valence-corrected chi connectivity index (χ3v) is 8.70. The predicted molar refractivity (Wildman–Crippen MR) is 136 cm³/mol. The summed E-state index contributed by atoms with van der Waals surface area (Å²) in [4.78, 5) is 0. The molecule has 0 amide bonds. The molecule has 30 heavy (non-hydrogen) atoms. The SMILES string of the molecule is Cc1ccccc1P(Cc1ccc(C(C)(C)C)c(C(C)(C)C)c1)c1ccccc1C. The summed E-state index contributed by atoms with van der Waals surface area (Å²) in [7, 11) is -0.455. The van der Waals surface area contributed by atoms with Crippen LogP contribution in [0.1, 0.15) is 69.4 Å². The van der Waals surface area contributed by atoms with Crippen LogP contribution in [0.15, 0.2) is 66.7 Å². The summed E-state index contributed by atoms with van der Waals surface area (Å²) < 4.78 is 0. The van der Waals surface area contributed by atoms with Crippen LogP contribution < -0.4 is 10.6 Å². The van der Waals surface area contributed by atoms with Crippen LogP contribution in [0.5, 0.6) is 0 Å². The molecule has 0 atom stereocenters. The van der Waals surface area contributed by atoms with Crippen molar-refractivity contribution in [2.45, 2.75) is 72.4 Å². The molecule has 3 rings (SSSR count). The first-order valence-corrected chi connectivity index (χ1v) is 12.5. The summed E-state index contributed by atoms with van der Waals surface area (Å²) >= 11 is 0. The van der Waals surface area contributed by atoms with E-state index < -0.39 is 7.92 Å². The van der Waals surface area contributed by atoms with E-state index in [0.29, 0.717) is 0 Å². The van der Waals surface area contributed by atoms with E-state index in [9.17, 15) is 0 Å². The van der Waals surface area contributed by atoms with Gasteiger partial charge in [0.25, 0.3) is 0 Å². The topological polar surface area (TPSA) is 0 Å². The minimum absolute atomic E-state index is 0.132. The lowest BCUT2D eigenvalue weighted by atomic mass is 9.75. The minimum atomic E-state index is -0.455. The van der Waals surface area contributed by atoms with Crippen molar-refractivity contribution >= 4 is 18.5 Å². The van der Waals surface area contributed by atoms with Crippen molar-refractivity contribution < 1.29 is 0 Å². The number of hydrogen-bond donors (Lipinski definition) is 0. The van der Waals surface area contributed by atoms with Gasteiger partial charge in [0, 0.05) is 6.16 Å². The average Bonchev–Trinajstić information content (AvgIpc) is 2.66. The van der Waals surface area contributed by atoms with Crippen LogP contribution >= 0.6 is 7.92 Å². The molecule has 0 unspecified atom stereocenters. The summed E-state index contributed by atoms with van der Waals surface area (Å²) in [6.07, 6.45) is 1.08. The Morgan fingerprint density at radius 2 is 1.07 bits per heavy atom. The first kappa shape index (κ1) is 22.8. The van der Waals surface area contributed by atoms with Gasteiger partial charge in [0.05, 0.1) is 0 Å². The highest BCUT2D eigenvalue weighted by molar-refractivity contribution is 7.72. The zero-order chi connectivity index (χ0) is 22.1. The van der Waals surface area contributed by atoms with Crippen molar-refractivity contribution in [3.05, 3.63) is 94.5 Å². The molecule has 0 spiro atoms. The van der Waals surface area contributed by atoms with Crippen molar-refractivity contribution in [3.8, 4) is 0 Å². The summed E-state index contributed by atoms with van der Waals surface area (Å²) in [5, 5.41) is 3.00. The Kier molecular flexibility index (Phi) is 6.59. The van der Waals surface area contributed by atoms with Crippen molar-refractivity contribution in [1.82, 2.24) is 0 Å². The highest BCUT2D eigenvalue weighted by atomic mass is 31.1. The standard InChI is InChI=1S/C29H37P/c1-21-13-9-11-15-26(21)30(27-16-12-10-14-22(27)2)20-23-17-18-24(28(3,4)5)25(19-23)29(6,7)8/h9-19H,20H2,1-8H3. The van der Waals surface area contributed by atoms with Gasteiger partial charge in [0.1, 0.15) is 0 Å². The van der Waals surface area contributed by atoms with E-state index >= 15 is 0 Å². The van der Waals surface area contributed by atoms with E-state index in [2.05, 4.69) is 122 Å². The average molecular weight is 417 g/mol. The quantitative estimate of drug-likeness (QED) is 0.386. The lowest BCUT2D eigenvalue weighted by Crippen LogP contribution is -2.22. The molecule has 0 fully saturated rings. The maximum Gasteiger partial charge on any atom is 0.000773 e. The van der Waals surface area contributed by atoms with Crippen LogP contribution in [0.25, 0.3) is 0 Å². The van der Waals surface area contributed by atoms with Crippen molar-refractivity contribution in [1.29, 1.82) is 0 Å². The van der Waals surface area contributed by atoms with E-state index in [1.807, 2.05) is 0 Å². The summed E-state index contributed by atoms with van der Waals surface area (Å²) in [5.41, 5.74) is 7.48. The number of hydrogen-bond acceptors (Lipinski definition) is 0. The third-order valence-electron chi connectivity index (χ3n) is 5.85. The molecule has 0 aliphatic rings. The van der Waals surface area contributed by atoms with E-state index in [4.69, 9.17) is 0 Å². The fourth-order valence-electron chi connectivity index (χ4n) is 4.18. The Morgan fingerprint density at radius 3 is 1.50 bits per heavy atom. The zero-order valence-corrected chi connectivity index (χ0v) is 20.9. The van der Waals surface area contributed by atoms with Crippen LogP contribution in [-0.4, -0.2) is 0 Å². The third kappa shape index (κ3) is 5.04. The van der Waals surface area contributed by atoms with Crippen LogP contribution in [0, 0.1) is 13.8 Å². The van der Waals surface area contributed by atoms with Gasteiger partial charge in [0.2, 0.25) is 0 Å². The van der Waals surface area contributed by atoms with E-state index in [0.717, 1.165) is 6.16 Å². The second-order valence-corrected chi connectivity index (χ2v) is 12.7. The van der Waals surface area contributed by atoms with E-state index in [1.165, 1.54) is 38.4 Å². The molecular weight excluding hydrogens is 379 g/mol. The fourth-order valence-corrected chi connectivity index (χ4v) is 6.87. The Labute approximate surface area is 185 Å². The van der Waals surface area contributed by atoms with Gasteiger partial charge in [0.15, 0.2) is 0 Å². The smallest absolute Gasteiger partial charge is 0.000773 e. The highest BCUT2D eigenvalue weighted by Gasteiger charge is 2.26. The summed E-state index contributed by atoms with van der Waals surface area (Å²) in [6, 6.07) is 25.1. The minimum Gasteiger partial charge on any atom is -0.0620 e. The number of aryl methyl sites for hydroxylation is 2. The van der Waals surface area contributed by atoms with Gasteiger partial charge in [-0.3, -0.25) is 0 Å². The Morgan fingerprint density at radius 1 is 0.600 bits per heavy atom. The summed E-state index contributed by atoms with van der Waals surface area (Å²) in [5.74, 6) is 0. The Bertz CT molecular complexity index is 970. The Hall–Kier alpha value is -1.91. The molecule has 0 aromatic heterocycles. The van der Waals surface area contributed by atoms with Gasteiger partial charge in [-0.2, -0.15) is 0 Å². The maximum atomic E-state index is 2.49. The van der Waals surface area contributed by atoms with Crippen molar-refractivity contribution in [2.24, 2.45) is 0 Å². The van der Waals surface area contributed by atoms with Gasteiger partial charge < -0.3 is 0 Å². The van der Waals surface area contributed by atoms with Gasteiger partial charge in [-0.15, -0.1) is 0 Å². The first-order chi connectivity index (χ1) is 14.0. The molecule has 0 heterocycles. The zero-order valence-electron chi connectivity index (χ0n) is 20.0. The molecule has 158 valence electrons. The molecule has 0 saturated heterocycles. The van der Waals surface area contributed by atoms with Crippen molar-refractivity contribution in [2.75, 3.05) is 0 Å². The molecule has 0 nitrogen and oxygen atoms in total. The lowest BCUT2D eigenvalue weighted by molar-refractivity contribution is 0.529. The van der Waals surface area contributed by atoms with Crippen LogP contribution in [-0.2, 0) is 17.0 Å². The molecular formula is C29H37P. The van der Waals surface area contributed by atoms with E-state index in [1.54, 1.807) is 0 Å².